The van der Waals surface area contributed by atoms with Crippen molar-refractivity contribution in [2.45, 2.75) is 27.3 Å². The Bertz CT molecular complexity index is 513. The van der Waals surface area contributed by atoms with Gasteiger partial charge in [-0.05, 0) is 31.0 Å². The summed E-state index contributed by atoms with van der Waals surface area (Å²) in [7, 11) is 0. The van der Waals surface area contributed by atoms with Gasteiger partial charge in [0, 0.05) is 12.2 Å². The zero-order chi connectivity index (χ0) is 12.3. The van der Waals surface area contributed by atoms with Gasteiger partial charge in [0.25, 0.3) is 0 Å². The van der Waals surface area contributed by atoms with Crippen molar-refractivity contribution < 1.29 is 0 Å². The lowest BCUT2D eigenvalue weighted by atomic mass is 10.3. The fourth-order valence-electron chi connectivity index (χ4n) is 1.15. The molecule has 0 spiro atoms. The third-order valence-corrected chi connectivity index (χ3v) is 4.65. The first-order chi connectivity index (χ1) is 8.21. The predicted molar refractivity (Wildman–Crippen MR) is 70.5 cm³/mol. The van der Waals surface area contributed by atoms with Gasteiger partial charge >= 0.3 is 0 Å². The number of nitrogens with two attached hydrogens (primary N) is 1. The highest BCUT2D eigenvalue weighted by atomic mass is 32.2. The van der Waals surface area contributed by atoms with Gasteiger partial charge in [0.1, 0.15) is 0 Å². The van der Waals surface area contributed by atoms with Crippen LogP contribution in [0.5, 0.6) is 0 Å². The molecule has 90 valence electrons. The molecule has 0 saturated carbocycles. The van der Waals surface area contributed by atoms with Gasteiger partial charge in [0.05, 0.1) is 5.69 Å². The highest BCUT2D eigenvalue weighted by Gasteiger charge is 2.08. The molecule has 2 aromatic rings. The van der Waals surface area contributed by atoms with Crippen LogP contribution in [-0.4, -0.2) is 26.4 Å². The molecule has 0 aromatic carbocycles. The summed E-state index contributed by atoms with van der Waals surface area (Å²) in [5.41, 5.74) is 7.34. The maximum atomic E-state index is 5.58. The van der Waals surface area contributed by atoms with Crippen molar-refractivity contribution in [3.8, 4) is 0 Å². The van der Waals surface area contributed by atoms with Crippen molar-refractivity contribution in [1.29, 1.82) is 0 Å². The Hall–Kier alpha value is -0.700. The van der Waals surface area contributed by atoms with Crippen LogP contribution in [0.25, 0.3) is 0 Å². The first kappa shape index (κ1) is 12.7. The van der Waals surface area contributed by atoms with Gasteiger partial charge < -0.3 is 5.73 Å². The van der Waals surface area contributed by atoms with Crippen molar-refractivity contribution in [2.75, 3.05) is 6.26 Å². The summed E-state index contributed by atoms with van der Waals surface area (Å²) < 4.78 is 1.79. The van der Waals surface area contributed by atoms with Crippen LogP contribution >= 0.6 is 34.9 Å². The molecule has 0 atom stereocenters. The average Bonchev–Trinajstić information content (AvgIpc) is 2.76. The van der Waals surface area contributed by atoms with E-state index in [2.05, 4.69) is 20.2 Å². The second-order valence-corrected chi connectivity index (χ2v) is 6.37. The standard InChI is InChI=1S/C9H11N5S3/c1-5-3-6(4-10)12-7(11-5)16-9-14-13-8(15-2)17-9/h3H,4,10H2,1-2H3. The van der Waals surface area contributed by atoms with Gasteiger partial charge in [0.2, 0.25) is 0 Å². The summed E-state index contributed by atoms with van der Waals surface area (Å²) in [4.78, 5) is 8.68. The summed E-state index contributed by atoms with van der Waals surface area (Å²) in [5.74, 6) is 0. The number of nitrogens with zero attached hydrogens (tertiary/aromatic N) is 4. The Morgan fingerprint density at radius 1 is 1.29 bits per heavy atom. The van der Waals surface area contributed by atoms with Gasteiger partial charge in [-0.25, -0.2) is 9.97 Å². The Morgan fingerprint density at radius 3 is 2.71 bits per heavy atom. The van der Waals surface area contributed by atoms with E-state index < -0.39 is 0 Å². The summed E-state index contributed by atoms with van der Waals surface area (Å²) in [6.07, 6.45) is 1.98. The van der Waals surface area contributed by atoms with Crippen LogP contribution in [-0.2, 0) is 6.54 Å². The van der Waals surface area contributed by atoms with Gasteiger partial charge in [-0.1, -0.05) is 23.1 Å². The summed E-state index contributed by atoms with van der Waals surface area (Å²) >= 11 is 4.54. The zero-order valence-corrected chi connectivity index (χ0v) is 11.8. The molecule has 0 bridgehead atoms. The van der Waals surface area contributed by atoms with Crippen molar-refractivity contribution >= 4 is 34.9 Å². The molecule has 17 heavy (non-hydrogen) atoms. The molecule has 2 rings (SSSR count). The van der Waals surface area contributed by atoms with E-state index in [4.69, 9.17) is 5.73 Å². The number of thioether (sulfide) groups is 1. The molecule has 0 aliphatic carbocycles. The van der Waals surface area contributed by atoms with Gasteiger partial charge in [-0.2, -0.15) is 0 Å². The minimum absolute atomic E-state index is 0.420. The topological polar surface area (TPSA) is 77.6 Å². The third-order valence-electron chi connectivity index (χ3n) is 1.84. The van der Waals surface area contributed by atoms with Crippen LogP contribution < -0.4 is 5.73 Å². The fraction of sp³-hybridized carbons (Fsp3) is 0.333. The Morgan fingerprint density at radius 2 is 2.06 bits per heavy atom. The number of hydrogen-bond donors (Lipinski definition) is 1. The smallest absolute Gasteiger partial charge is 0.195 e. The van der Waals surface area contributed by atoms with Crippen LogP contribution in [0.1, 0.15) is 11.4 Å². The highest BCUT2D eigenvalue weighted by Crippen LogP contribution is 2.30. The summed E-state index contributed by atoms with van der Waals surface area (Å²) in [5, 5.41) is 8.77. The predicted octanol–water partition coefficient (Wildman–Crippen LogP) is 1.97. The lowest BCUT2D eigenvalue weighted by Crippen LogP contribution is -2.02. The monoisotopic (exact) mass is 285 g/mol. The van der Waals surface area contributed by atoms with E-state index in [1.54, 1.807) is 11.8 Å². The Balaban J connectivity index is 2.20. The second-order valence-electron chi connectivity index (χ2n) is 3.13. The van der Waals surface area contributed by atoms with Crippen molar-refractivity contribution in [2.24, 2.45) is 5.73 Å². The van der Waals surface area contributed by atoms with Crippen molar-refractivity contribution in [3.63, 3.8) is 0 Å². The molecule has 0 aliphatic rings. The fourth-order valence-corrected chi connectivity index (χ4v) is 3.53. The van der Waals surface area contributed by atoms with E-state index >= 15 is 0 Å². The lowest BCUT2D eigenvalue weighted by Gasteiger charge is -2.01. The normalized spacial score (nSPS) is 10.8. The van der Waals surface area contributed by atoms with E-state index in [1.807, 2.05) is 19.2 Å². The molecular formula is C9H11N5S3. The van der Waals surface area contributed by atoms with Crippen LogP contribution in [0.3, 0.4) is 0 Å². The second kappa shape index (κ2) is 5.76. The molecular weight excluding hydrogens is 274 g/mol. The van der Waals surface area contributed by atoms with Gasteiger partial charge in [-0.3, -0.25) is 0 Å². The van der Waals surface area contributed by atoms with Gasteiger partial charge in [-0.15, -0.1) is 10.2 Å². The van der Waals surface area contributed by atoms with E-state index in [1.165, 1.54) is 23.1 Å². The maximum absolute atomic E-state index is 5.58. The molecule has 0 unspecified atom stereocenters. The van der Waals surface area contributed by atoms with Crippen LogP contribution in [0, 0.1) is 6.92 Å². The van der Waals surface area contributed by atoms with Crippen LogP contribution in [0.15, 0.2) is 19.9 Å². The van der Waals surface area contributed by atoms with E-state index in [0.717, 1.165) is 20.1 Å². The van der Waals surface area contributed by atoms with E-state index in [-0.39, 0.29) is 0 Å². The highest BCUT2D eigenvalue weighted by molar-refractivity contribution is 8.02. The molecule has 0 saturated heterocycles. The van der Waals surface area contributed by atoms with E-state index in [9.17, 15) is 0 Å². The molecule has 2 heterocycles. The molecule has 0 amide bonds. The Labute approximate surface area is 112 Å². The molecule has 2 aromatic heterocycles. The molecule has 0 aliphatic heterocycles. The van der Waals surface area contributed by atoms with Crippen LogP contribution in [0.2, 0.25) is 0 Å². The zero-order valence-electron chi connectivity index (χ0n) is 9.38. The van der Waals surface area contributed by atoms with Crippen LogP contribution in [0.4, 0.5) is 0 Å². The summed E-state index contributed by atoms with van der Waals surface area (Å²) in [6.45, 7) is 2.35. The van der Waals surface area contributed by atoms with Gasteiger partial charge in [0.15, 0.2) is 13.8 Å². The number of rotatable bonds is 4. The first-order valence-electron chi connectivity index (χ1n) is 4.81. The minimum Gasteiger partial charge on any atom is -0.325 e. The number of aryl methyl sites for hydroxylation is 1. The quantitative estimate of drug-likeness (QED) is 0.679. The molecule has 8 heteroatoms. The van der Waals surface area contributed by atoms with E-state index in [0.29, 0.717) is 11.7 Å². The van der Waals surface area contributed by atoms with Crippen molar-refractivity contribution in [3.05, 3.63) is 17.5 Å². The molecule has 2 N–H and O–H groups in total. The largest absolute Gasteiger partial charge is 0.325 e. The average molecular weight is 285 g/mol. The third kappa shape index (κ3) is 3.38. The minimum atomic E-state index is 0.420. The lowest BCUT2D eigenvalue weighted by molar-refractivity contribution is 0.851. The SMILES string of the molecule is CSc1nnc(Sc2nc(C)cc(CN)n2)s1. The molecule has 5 nitrogen and oxygen atoms in total. The molecule has 0 fully saturated rings. The van der Waals surface area contributed by atoms with Crippen molar-refractivity contribution in [1.82, 2.24) is 20.2 Å². The number of aromatic nitrogens is 4. The summed E-state index contributed by atoms with van der Waals surface area (Å²) in [6, 6.07) is 1.89. The maximum Gasteiger partial charge on any atom is 0.195 e. The Kier molecular flexibility index (Phi) is 4.32. The molecule has 0 radical (unpaired) electrons. The first-order valence-corrected chi connectivity index (χ1v) is 7.67. The number of hydrogen-bond acceptors (Lipinski definition) is 8.